The summed E-state index contributed by atoms with van der Waals surface area (Å²) in [5, 5.41) is 10.2. The van der Waals surface area contributed by atoms with Crippen LogP contribution in [0, 0.1) is 5.82 Å². The number of rotatable bonds is 4. The number of aromatic hydroxyl groups is 1. The van der Waals surface area contributed by atoms with Crippen LogP contribution in [0.2, 0.25) is 0 Å². The lowest BCUT2D eigenvalue weighted by Gasteiger charge is -2.31. The summed E-state index contributed by atoms with van der Waals surface area (Å²) in [6, 6.07) is 3.59. The SMILES string of the molecule is CN(Cc1cc(O)c(N2CC(=O)NS2)c(F)c1)C1CCCCC1. The van der Waals surface area contributed by atoms with Gasteiger partial charge in [0.1, 0.15) is 18.0 Å². The number of amides is 1. The van der Waals surface area contributed by atoms with Crippen LogP contribution in [0.1, 0.15) is 37.7 Å². The fraction of sp³-hybridized carbons (Fsp3) is 0.562. The molecule has 0 bridgehead atoms. The average Bonchev–Trinajstić information content (AvgIpc) is 2.93. The summed E-state index contributed by atoms with van der Waals surface area (Å²) >= 11 is 0.998. The highest BCUT2D eigenvalue weighted by Crippen LogP contribution is 2.36. The van der Waals surface area contributed by atoms with E-state index in [9.17, 15) is 14.3 Å². The molecule has 7 heteroatoms. The molecule has 1 heterocycles. The molecular formula is C16H22FN3O2S. The van der Waals surface area contributed by atoms with Gasteiger partial charge in [0.2, 0.25) is 0 Å². The van der Waals surface area contributed by atoms with E-state index in [-0.39, 0.29) is 23.9 Å². The van der Waals surface area contributed by atoms with Gasteiger partial charge in [-0.3, -0.25) is 18.7 Å². The Labute approximate surface area is 140 Å². The molecule has 1 aliphatic heterocycles. The number of benzene rings is 1. The maximum Gasteiger partial charge on any atom is 0.251 e. The van der Waals surface area contributed by atoms with Gasteiger partial charge in [-0.25, -0.2) is 4.39 Å². The van der Waals surface area contributed by atoms with E-state index in [2.05, 4.69) is 16.7 Å². The monoisotopic (exact) mass is 339 g/mol. The van der Waals surface area contributed by atoms with Gasteiger partial charge in [-0.05, 0) is 37.6 Å². The Hall–Kier alpha value is -1.47. The van der Waals surface area contributed by atoms with E-state index in [1.54, 1.807) is 6.07 Å². The first-order valence-electron chi connectivity index (χ1n) is 7.99. The van der Waals surface area contributed by atoms with E-state index in [4.69, 9.17) is 0 Å². The zero-order valence-corrected chi connectivity index (χ0v) is 14.0. The number of phenols is 1. The lowest BCUT2D eigenvalue weighted by Crippen LogP contribution is -2.32. The molecule has 1 saturated carbocycles. The van der Waals surface area contributed by atoms with Gasteiger partial charge in [0, 0.05) is 12.6 Å². The molecule has 0 aromatic heterocycles. The summed E-state index contributed by atoms with van der Waals surface area (Å²) in [7, 11) is 2.05. The van der Waals surface area contributed by atoms with Crippen molar-refractivity contribution in [1.29, 1.82) is 0 Å². The number of carbonyl (C=O) groups excluding carboxylic acids is 1. The van der Waals surface area contributed by atoms with E-state index in [1.807, 2.05) is 0 Å². The third-order valence-corrected chi connectivity index (χ3v) is 5.39. The minimum atomic E-state index is -0.499. The molecule has 0 atom stereocenters. The van der Waals surface area contributed by atoms with Crippen molar-refractivity contribution < 1.29 is 14.3 Å². The third-order valence-electron chi connectivity index (χ3n) is 4.54. The Kier molecular flexibility index (Phi) is 4.96. The van der Waals surface area contributed by atoms with Crippen LogP contribution < -0.4 is 9.03 Å². The fourth-order valence-electron chi connectivity index (χ4n) is 3.34. The molecule has 0 radical (unpaired) electrons. The molecule has 2 aliphatic rings. The third kappa shape index (κ3) is 3.72. The number of carbonyl (C=O) groups is 1. The van der Waals surface area contributed by atoms with Crippen LogP contribution in [0.15, 0.2) is 12.1 Å². The van der Waals surface area contributed by atoms with E-state index in [0.717, 1.165) is 17.7 Å². The number of phenolic OH excluding ortho intramolecular Hbond substituents is 1. The summed E-state index contributed by atoms with van der Waals surface area (Å²) in [5.74, 6) is -0.822. The first-order valence-corrected chi connectivity index (χ1v) is 8.77. The molecule has 1 saturated heterocycles. The fourth-order valence-corrected chi connectivity index (χ4v) is 4.07. The molecule has 1 aliphatic carbocycles. The van der Waals surface area contributed by atoms with Gasteiger partial charge in [0.15, 0.2) is 5.82 Å². The maximum atomic E-state index is 14.4. The van der Waals surface area contributed by atoms with Gasteiger partial charge in [-0.2, -0.15) is 0 Å². The molecule has 0 unspecified atom stereocenters. The Bertz CT molecular complexity index is 570. The Balaban J connectivity index is 1.72. The van der Waals surface area contributed by atoms with Crippen molar-refractivity contribution in [2.75, 3.05) is 17.9 Å². The minimum Gasteiger partial charge on any atom is -0.506 e. The second-order valence-electron chi connectivity index (χ2n) is 6.31. The van der Waals surface area contributed by atoms with Crippen molar-refractivity contribution in [3.05, 3.63) is 23.5 Å². The van der Waals surface area contributed by atoms with Crippen LogP contribution in [-0.2, 0) is 11.3 Å². The molecule has 0 spiro atoms. The van der Waals surface area contributed by atoms with Crippen molar-refractivity contribution >= 4 is 23.7 Å². The maximum absolute atomic E-state index is 14.4. The van der Waals surface area contributed by atoms with Gasteiger partial charge in [0.25, 0.3) is 5.91 Å². The van der Waals surface area contributed by atoms with Gasteiger partial charge in [-0.1, -0.05) is 19.3 Å². The van der Waals surface area contributed by atoms with Crippen molar-refractivity contribution in [3.8, 4) is 5.75 Å². The number of hydrogen-bond acceptors (Lipinski definition) is 5. The largest absolute Gasteiger partial charge is 0.506 e. The summed E-state index contributed by atoms with van der Waals surface area (Å²) in [4.78, 5) is 13.5. The topological polar surface area (TPSA) is 55.8 Å². The van der Waals surface area contributed by atoms with E-state index in [1.165, 1.54) is 42.5 Å². The van der Waals surface area contributed by atoms with Crippen LogP contribution in [0.3, 0.4) is 0 Å². The molecule has 5 nitrogen and oxygen atoms in total. The normalized spacial score (nSPS) is 19.4. The van der Waals surface area contributed by atoms with Gasteiger partial charge in [0.05, 0.1) is 12.1 Å². The summed E-state index contributed by atoms with van der Waals surface area (Å²) < 4.78 is 18.4. The zero-order chi connectivity index (χ0) is 16.4. The number of nitrogens with zero attached hydrogens (tertiary/aromatic N) is 2. The zero-order valence-electron chi connectivity index (χ0n) is 13.2. The van der Waals surface area contributed by atoms with Crippen molar-refractivity contribution in [1.82, 2.24) is 9.62 Å². The smallest absolute Gasteiger partial charge is 0.251 e. The van der Waals surface area contributed by atoms with Gasteiger partial charge >= 0.3 is 0 Å². The Morgan fingerprint density at radius 2 is 2.13 bits per heavy atom. The van der Waals surface area contributed by atoms with Gasteiger partial charge < -0.3 is 5.11 Å². The highest BCUT2D eigenvalue weighted by atomic mass is 32.2. The second kappa shape index (κ2) is 6.97. The first-order chi connectivity index (χ1) is 11.0. The number of hydrogen-bond donors (Lipinski definition) is 2. The molecule has 126 valence electrons. The standard InChI is InChI=1S/C16H22FN3O2S/c1-19(12-5-3-2-4-6-12)9-11-7-13(17)16(14(21)8-11)20-10-15(22)18-23-20/h7-8,12,21H,2-6,9-10H2,1H3,(H,18,22). The van der Waals surface area contributed by atoms with Crippen LogP contribution in [0.25, 0.3) is 0 Å². The predicted octanol–water partition coefficient (Wildman–Crippen LogP) is 2.80. The summed E-state index contributed by atoms with van der Waals surface area (Å²) in [5.41, 5.74) is 0.817. The highest BCUT2D eigenvalue weighted by Gasteiger charge is 2.27. The molecule has 23 heavy (non-hydrogen) atoms. The molecule has 3 rings (SSSR count). The number of anilines is 1. The Morgan fingerprint density at radius 1 is 1.39 bits per heavy atom. The van der Waals surface area contributed by atoms with E-state index >= 15 is 0 Å². The van der Waals surface area contributed by atoms with E-state index in [0.29, 0.717) is 12.6 Å². The van der Waals surface area contributed by atoms with Crippen LogP contribution in [-0.4, -0.2) is 35.5 Å². The molecule has 1 aromatic carbocycles. The minimum absolute atomic E-state index is 0.0382. The first kappa shape index (κ1) is 16.4. The van der Waals surface area contributed by atoms with Gasteiger partial charge in [-0.15, -0.1) is 0 Å². The number of nitrogens with one attached hydrogen (secondary N) is 1. The van der Waals surface area contributed by atoms with Crippen LogP contribution in [0.5, 0.6) is 5.75 Å². The molecular weight excluding hydrogens is 317 g/mol. The Morgan fingerprint density at radius 3 is 2.74 bits per heavy atom. The molecule has 1 aromatic rings. The quantitative estimate of drug-likeness (QED) is 0.826. The number of halogens is 1. The van der Waals surface area contributed by atoms with Crippen molar-refractivity contribution in [3.63, 3.8) is 0 Å². The molecule has 2 fully saturated rings. The van der Waals surface area contributed by atoms with Crippen molar-refractivity contribution in [2.45, 2.75) is 44.7 Å². The highest BCUT2D eigenvalue weighted by molar-refractivity contribution is 7.99. The molecule has 1 amide bonds. The van der Waals surface area contributed by atoms with Crippen LogP contribution in [0.4, 0.5) is 10.1 Å². The van der Waals surface area contributed by atoms with E-state index < -0.39 is 5.82 Å². The van der Waals surface area contributed by atoms with Crippen molar-refractivity contribution in [2.24, 2.45) is 0 Å². The summed E-state index contributed by atoms with van der Waals surface area (Å²) in [6.45, 7) is 0.649. The average molecular weight is 339 g/mol. The van der Waals surface area contributed by atoms with Crippen LogP contribution >= 0.6 is 12.1 Å². The summed E-state index contributed by atoms with van der Waals surface area (Å²) in [6.07, 6.45) is 6.17. The predicted molar refractivity (Wildman–Crippen MR) is 89.5 cm³/mol. The lowest BCUT2D eigenvalue weighted by atomic mass is 9.94. The second-order valence-corrected chi connectivity index (χ2v) is 7.13. The lowest BCUT2D eigenvalue weighted by molar-refractivity contribution is -0.117. The molecule has 2 N–H and O–H groups in total.